The average Bonchev–Trinajstić information content (AvgIpc) is 3.45. The molecule has 0 fully saturated rings. The molecule has 0 aliphatic carbocycles. The van der Waals surface area contributed by atoms with E-state index in [2.05, 4.69) is 15.3 Å². The van der Waals surface area contributed by atoms with E-state index >= 15 is 0 Å². The molecule has 1 amide bonds. The van der Waals surface area contributed by atoms with E-state index in [9.17, 15) is 18.0 Å². The molecule has 4 aromatic rings. The van der Waals surface area contributed by atoms with Crippen LogP contribution < -0.4 is 0 Å². The number of H-pyrrole nitrogens is 1. The summed E-state index contributed by atoms with van der Waals surface area (Å²) < 4.78 is 42.7. The summed E-state index contributed by atoms with van der Waals surface area (Å²) in [6.45, 7) is 2.28. The minimum absolute atomic E-state index is 0.138. The molecule has 0 radical (unpaired) electrons. The summed E-state index contributed by atoms with van der Waals surface area (Å²) in [4.78, 5) is 15.1. The SMILES string of the molecule is C[C@H]1c2nn(C)c(-c3cc(F)c(F)c(F)c3)c2CCN1C(=O)c1cccc(-c2ccn[nH]2)c1. The van der Waals surface area contributed by atoms with Crippen molar-refractivity contribution in [2.75, 3.05) is 6.54 Å². The van der Waals surface area contributed by atoms with Gasteiger partial charge in [-0.1, -0.05) is 12.1 Å². The van der Waals surface area contributed by atoms with E-state index in [0.717, 1.165) is 29.0 Å². The number of amides is 1. The van der Waals surface area contributed by atoms with Gasteiger partial charge in [-0.3, -0.25) is 14.6 Å². The van der Waals surface area contributed by atoms with Crippen LogP contribution in [0.1, 0.15) is 34.6 Å². The zero-order valence-corrected chi connectivity index (χ0v) is 17.9. The van der Waals surface area contributed by atoms with Gasteiger partial charge < -0.3 is 4.90 Å². The van der Waals surface area contributed by atoms with Gasteiger partial charge in [0.25, 0.3) is 5.91 Å². The first kappa shape index (κ1) is 21.0. The van der Waals surface area contributed by atoms with E-state index in [0.29, 0.717) is 29.9 Å². The molecule has 0 saturated carbocycles. The first-order chi connectivity index (χ1) is 15.8. The number of aromatic nitrogens is 4. The smallest absolute Gasteiger partial charge is 0.254 e. The number of hydrogen-bond acceptors (Lipinski definition) is 3. The highest BCUT2D eigenvalue weighted by atomic mass is 19.2. The second kappa shape index (κ2) is 7.91. The van der Waals surface area contributed by atoms with E-state index in [1.807, 2.05) is 31.2 Å². The van der Waals surface area contributed by atoms with Gasteiger partial charge in [-0.25, -0.2) is 13.2 Å². The van der Waals surface area contributed by atoms with Gasteiger partial charge >= 0.3 is 0 Å². The predicted molar refractivity (Wildman–Crippen MR) is 116 cm³/mol. The number of aromatic amines is 1. The van der Waals surface area contributed by atoms with Crippen molar-refractivity contribution in [1.29, 1.82) is 0 Å². The van der Waals surface area contributed by atoms with E-state index < -0.39 is 17.5 Å². The molecular formula is C24H20F3N5O. The number of carbonyl (C=O) groups is 1. The summed E-state index contributed by atoms with van der Waals surface area (Å²) in [5.41, 5.74) is 4.38. The lowest BCUT2D eigenvalue weighted by molar-refractivity contribution is 0.0673. The van der Waals surface area contributed by atoms with Crippen molar-refractivity contribution in [3.63, 3.8) is 0 Å². The Kier molecular flexibility index (Phi) is 5.03. The van der Waals surface area contributed by atoms with Crippen LogP contribution in [0, 0.1) is 17.5 Å². The number of rotatable bonds is 3. The number of hydrogen-bond donors (Lipinski definition) is 1. The van der Waals surface area contributed by atoms with Crippen LogP contribution in [0.5, 0.6) is 0 Å². The molecule has 5 rings (SSSR count). The van der Waals surface area contributed by atoms with Gasteiger partial charge in [-0.05, 0) is 43.7 Å². The van der Waals surface area contributed by atoms with Crippen LogP contribution in [0.2, 0.25) is 0 Å². The Bertz CT molecular complexity index is 1340. The number of benzene rings is 2. The third-order valence-corrected chi connectivity index (χ3v) is 6.08. The van der Waals surface area contributed by atoms with Crippen molar-refractivity contribution < 1.29 is 18.0 Å². The highest BCUT2D eigenvalue weighted by molar-refractivity contribution is 5.96. The van der Waals surface area contributed by atoms with Crippen molar-refractivity contribution in [1.82, 2.24) is 24.9 Å². The Balaban J connectivity index is 1.48. The van der Waals surface area contributed by atoms with E-state index in [1.165, 1.54) is 4.68 Å². The number of nitrogens with zero attached hydrogens (tertiary/aromatic N) is 4. The summed E-state index contributed by atoms with van der Waals surface area (Å²) in [5.74, 6) is -4.15. The quantitative estimate of drug-likeness (QED) is 0.461. The Labute approximate surface area is 187 Å². The van der Waals surface area contributed by atoms with Gasteiger partial charge in [-0.15, -0.1) is 0 Å². The first-order valence-corrected chi connectivity index (χ1v) is 10.5. The Morgan fingerprint density at radius 2 is 1.85 bits per heavy atom. The van der Waals surface area contributed by atoms with Crippen LogP contribution in [0.3, 0.4) is 0 Å². The third kappa shape index (κ3) is 3.49. The monoisotopic (exact) mass is 451 g/mol. The maximum atomic E-state index is 13.9. The molecule has 1 N–H and O–H groups in total. The first-order valence-electron chi connectivity index (χ1n) is 10.5. The minimum Gasteiger partial charge on any atom is -0.330 e. The lowest BCUT2D eigenvalue weighted by Crippen LogP contribution is -2.38. The van der Waals surface area contributed by atoms with Gasteiger partial charge in [0.1, 0.15) is 0 Å². The van der Waals surface area contributed by atoms with Gasteiger partial charge in [0, 0.05) is 42.0 Å². The molecule has 0 bridgehead atoms. The highest BCUT2D eigenvalue weighted by Gasteiger charge is 2.33. The fourth-order valence-electron chi connectivity index (χ4n) is 4.48. The molecular weight excluding hydrogens is 431 g/mol. The van der Waals surface area contributed by atoms with Crippen molar-refractivity contribution in [3.8, 4) is 22.5 Å². The summed E-state index contributed by atoms with van der Waals surface area (Å²) in [5, 5.41) is 11.4. The predicted octanol–water partition coefficient (Wildman–Crippen LogP) is 4.65. The van der Waals surface area contributed by atoms with E-state index in [-0.39, 0.29) is 17.5 Å². The minimum atomic E-state index is -1.50. The molecule has 168 valence electrons. The maximum Gasteiger partial charge on any atom is 0.254 e. The number of nitrogens with one attached hydrogen (secondary N) is 1. The average molecular weight is 451 g/mol. The number of carbonyl (C=O) groups excluding carboxylic acids is 1. The van der Waals surface area contributed by atoms with Gasteiger partial charge in [0.05, 0.1) is 23.1 Å². The van der Waals surface area contributed by atoms with Gasteiger partial charge in [0.2, 0.25) is 0 Å². The summed E-state index contributed by atoms with van der Waals surface area (Å²) >= 11 is 0. The van der Waals surface area contributed by atoms with Crippen LogP contribution in [-0.2, 0) is 13.5 Å². The van der Waals surface area contributed by atoms with Crippen molar-refractivity contribution in [2.24, 2.45) is 7.05 Å². The van der Waals surface area contributed by atoms with E-state index in [4.69, 9.17) is 0 Å². The van der Waals surface area contributed by atoms with Crippen LogP contribution >= 0.6 is 0 Å². The topological polar surface area (TPSA) is 66.8 Å². The Morgan fingerprint density at radius 3 is 2.55 bits per heavy atom. The molecule has 2 aromatic carbocycles. The molecule has 0 unspecified atom stereocenters. The summed E-state index contributed by atoms with van der Waals surface area (Å²) in [6.07, 6.45) is 2.10. The standard InChI is InChI=1S/C24H20F3N5O/c1-13-22-17(23(31(2)30-22)16-11-18(25)21(27)19(26)12-16)7-9-32(13)24(33)15-5-3-4-14(10-15)20-6-8-28-29-20/h3-6,8,10-13H,7,9H2,1-2H3,(H,28,29)/t13-/m0/s1. The number of fused-ring (bicyclic) bond motifs is 1. The second-order valence-electron chi connectivity index (χ2n) is 8.07. The zero-order valence-electron chi connectivity index (χ0n) is 17.9. The zero-order chi connectivity index (χ0) is 23.3. The molecule has 6 nitrogen and oxygen atoms in total. The van der Waals surface area contributed by atoms with Crippen LogP contribution in [0.4, 0.5) is 13.2 Å². The molecule has 1 aliphatic heterocycles. The molecule has 3 heterocycles. The fourth-order valence-corrected chi connectivity index (χ4v) is 4.48. The summed E-state index contributed by atoms with van der Waals surface area (Å²) in [6, 6.07) is 10.7. The largest absolute Gasteiger partial charge is 0.330 e. The number of aryl methyl sites for hydroxylation is 1. The fraction of sp³-hybridized carbons (Fsp3) is 0.208. The molecule has 1 aliphatic rings. The normalized spacial score (nSPS) is 15.5. The van der Waals surface area contributed by atoms with Crippen molar-refractivity contribution in [3.05, 3.63) is 82.9 Å². The molecule has 1 atom stereocenters. The second-order valence-corrected chi connectivity index (χ2v) is 8.07. The maximum absolute atomic E-state index is 13.9. The van der Waals surface area contributed by atoms with Crippen molar-refractivity contribution in [2.45, 2.75) is 19.4 Å². The van der Waals surface area contributed by atoms with Crippen LogP contribution in [0.25, 0.3) is 22.5 Å². The van der Waals surface area contributed by atoms with Crippen molar-refractivity contribution >= 4 is 5.91 Å². The molecule has 33 heavy (non-hydrogen) atoms. The van der Waals surface area contributed by atoms with Crippen LogP contribution in [0.15, 0.2) is 48.7 Å². The molecule has 0 saturated heterocycles. The van der Waals surface area contributed by atoms with E-state index in [1.54, 1.807) is 24.2 Å². The third-order valence-electron chi connectivity index (χ3n) is 6.08. The Morgan fingerprint density at radius 1 is 1.09 bits per heavy atom. The molecule has 2 aromatic heterocycles. The lowest BCUT2D eigenvalue weighted by Gasteiger charge is -2.33. The summed E-state index contributed by atoms with van der Waals surface area (Å²) in [7, 11) is 1.67. The van der Waals surface area contributed by atoms with Crippen LogP contribution in [-0.4, -0.2) is 37.3 Å². The van der Waals surface area contributed by atoms with Gasteiger partial charge in [-0.2, -0.15) is 10.2 Å². The molecule has 9 heteroatoms. The Hall–Kier alpha value is -3.88. The number of halogens is 3. The molecule has 0 spiro atoms. The van der Waals surface area contributed by atoms with Gasteiger partial charge in [0.15, 0.2) is 17.5 Å². The highest BCUT2D eigenvalue weighted by Crippen LogP contribution is 2.37. The lowest BCUT2D eigenvalue weighted by atomic mass is 9.94.